The van der Waals surface area contributed by atoms with Gasteiger partial charge in [-0.15, -0.1) is 12.4 Å². The van der Waals surface area contributed by atoms with Crippen LogP contribution in [0.5, 0.6) is 0 Å². The number of nitrogens with zero attached hydrogens (tertiary/aromatic N) is 1. The van der Waals surface area contributed by atoms with E-state index in [9.17, 15) is 9.59 Å². The number of aliphatic carboxylic acids is 1. The SMILES string of the molecule is Cl.O=C(O)C(=O)Nc1ccc(Cl)cn1. The van der Waals surface area contributed by atoms with Crippen molar-refractivity contribution in [3.05, 3.63) is 23.4 Å². The van der Waals surface area contributed by atoms with Gasteiger partial charge in [0.15, 0.2) is 0 Å². The zero-order valence-electron chi connectivity index (χ0n) is 6.73. The Morgan fingerprint density at radius 2 is 2.07 bits per heavy atom. The lowest BCUT2D eigenvalue weighted by Gasteiger charge is -1.99. The number of carbonyl (C=O) groups excluding carboxylic acids is 1. The summed E-state index contributed by atoms with van der Waals surface area (Å²) >= 11 is 5.52. The number of carboxylic acids is 1. The van der Waals surface area contributed by atoms with Crippen LogP contribution in [0.1, 0.15) is 0 Å². The molecule has 76 valence electrons. The molecule has 1 aromatic rings. The van der Waals surface area contributed by atoms with E-state index in [1.54, 1.807) is 0 Å². The molecule has 0 saturated carbocycles. The molecule has 1 rings (SSSR count). The first-order valence-electron chi connectivity index (χ1n) is 3.25. The number of hydrogen-bond acceptors (Lipinski definition) is 3. The van der Waals surface area contributed by atoms with E-state index in [1.165, 1.54) is 18.3 Å². The largest absolute Gasteiger partial charge is 0.474 e. The Balaban J connectivity index is 0.00000169. The van der Waals surface area contributed by atoms with Crippen LogP contribution in [0.3, 0.4) is 0 Å². The second kappa shape index (κ2) is 5.41. The molecule has 1 amide bonds. The quantitative estimate of drug-likeness (QED) is 0.718. The Kier molecular flexibility index (Phi) is 4.90. The van der Waals surface area contributed by atoms with Crippen molar-refractivity contribution in [2.45, 2.75) is 0 Å². The van der Waals surface area contributed by atoms with E-state index in [2.05, 4.69) is 10.3 Å². The number of pyridine rings is 1. The number of anilines is 1. The van der Waals surface area contributed by atoms with Gasteiger partial charge in [0.2, 0.25) is 0 Å². The zero-order valence-corrected chi connectivity index (χ0v) is 8.30. The monoisotopic (exact) mass is 236 g/mol. The van der Waals surface area contributed by atoms with Crippen LogP contribution in [0, 0.1) is 0 Å². The van der Waals surface area contributed by atoms with Crippen LogP contribution in [0.4, 0.5) is 5.82 Å². The van der Waals surface area contributed by atoms with Crippen molar-refractivity contribution >= 4 is 41.7 Å². The fourth-order valence-corrected chi connectivity index (χ4v) is 0.731. The van der Waals surface area contributed by atoms with Crippen LogP contribution in [0.15, 0.2) is 18.3 Å². The maximum absolute atomic E-state index is 10.6. The number of carbonyl (C=O) groups is 2. The topological polar surface area (TPSA) is 79.3 Å². The molecule has 0 atom stereocenters. The highest BCUT2D eigenvalue weighted by molar-refractivity contribution is 6.36. The molecular weight excluding hydrogens is 231 g/mol. The molecule has 0 unspecified atom stereocenters. The Morgan fingerprint density at radius 1 is 1.43 bits per heavy atom. The molecule has 1 aromatic heterocycles. The highest BCUT2D eigenvalue weighted by atomic mass is 35.5. The van der Waals surface area contributed by atoms with Crippen molar-refractivity contribution in [1.29, 1.82) is 0 Å². The minimum Gasteiger partial charge on any atom is -0.474 e. The molecule has 0 bridgehead atoms. The van der Waals surface area contributed by atoms with E-state index in [-0.39, 0.29) is 18.2 Å². The normalized spacial score (nSPS) is 8.64. The number of nitrogens with one attached hydrogen (secondary N) is 1. The molecule has 2 N–H and O–H groups in total. The van der Waals surface area contributed by atoms with Gasteiger partial charge in [-0.2, -0.15) is 0 Å². The fraction of sp³-hybridized carbons (Fsp3) is 0. The van der Waals surface area contributed by atoms with Gasteiger partial charge < -0.3 is 10.4 Å². The molecule has 0 aliphatic carbocycles. The first-order valence-corrected chi connectivity index (χ1v) is 3.63. The van der Waals surface area contributed by atoms with Crippen molar-refractivity contribution < 1.29 is 14.7 Å². The second-order valence-electron chi connectivity index (χ2n) is 2.12. The molecular formula is C7H6Cl2N2O3. The lowest BCUT2D eigenvalue weighted by Crippen LogP contribution is -2.22. The summed E-state index contributed by atoms with van der Waals surface area (Å²) in [4.78, 5) is 24.4. The Bertz CT molecular complexity index is 339. The number of aromatic nitrogens is 1. The number of amides is 1. The first kappa shape index (κ1) is 12.7. The van der Waals surface area contributed by atoms with Crippen LogP contribution in [0.25, 0.3) is 0 Å². The van der Waals surface area contributed by atoms with Crippen molar-refractivity contribution in [1.82, 2.24) is 4.98 Å². The van der Waals surface area contributed by atoms with Gasteiger partial charge in [0.25, 0.3) is 0 Å². The molecule has 1 heterocycles. The van der Waals surface area contributed by atoms with E-state index in [4.69, 9.17) is 16.7 Å². The van der Waals surface area contributed by atoms with E-state index < -0.39 is 11.9 Å². The second-order valence-corrected chi connectivity index (χ2v) is 2.56. The van der Waals surface area contributed by atoms with Gasteiger partial charge in [-0.25, -0.2) is 9.78 Å². The fourth-order valence-electron chi connectivity index (χ4n) is 0.620. The molecule has 0 saturated heterocycles. The van der Waals surface area contributed by atoms with Gasteiger partial charge in [-0.3, -0.25) is 4.79 Å². The minimum absolute atomic E-state index is 0. The van der Waals surface area contributed by atoms with Gasteiger partial charge in [-0.1, -0.05) is 11.6 Å². The van der Waals surface area contributed by atoms with E-state index >= 15 is 0 Å². The van der Waals surface area contributed by atoms with Gasteiger partial charge in [0.1, 0.15) is 5.82 Å². The summed E-state index contributed by atoms with van der Waals surface area (Å²) in [7, 11) is 0. The number of halogens is 2. The Morgan fingerprint density at radius 3 is 2.50 bits per heavy atom. The average Bonchev–Trinajstić information content (AvgIpc) is 2.08. The van der Waals surface area contributed by atoms with Gasteiger partial charge >= 0.3 is 11.9 Å². The third kappa shape index (κ3) is 3.59. The highest BCUT2D eigenvalue weighted by Crippen LogP contribution is 2.08. The third-order valence-corrected chi connectivity index (χ3v) is 1.39. The molecule has 5 nitrogen and oxygen atoms in total. The molecule has 7 heteroatoms. The number of carboxylic acid groups (broad SMARTS) is 1. The van der Waals surface area contributed by atoms with Crippen LogP contribution in [-0.2, 0) is 9.59 Å². The van der Waals surface area contributed by atoms with Gasteiger partial charge in [-0.05, 0) is 12.1 Å². The third-order valence-electron chi connectivity index (χ3n) is 1.16. The van der Waals surface area contributed by atoms with E-state index in [1.807, 2.05) is 0 Å². The molecule has 14 heavy (non-hydrogen) atoms. The Labute approximate surface area is 90.5 Å². The van der Waals surface area contributed by atoms with Crippen molar-refractivity contribution in [2.75, 3.05) is 5.32 Å². The molecule has 0 fully saturated rings. The Hall–Kier alpha value is -1.33. The van der Waals surface area contributed by atoms with Gasteiger partial charge in [0, 0.05) is 6.20 Å². The molecule has 0 aliphatic rings. The summed E-state index contributed by atoms with van der Waals surface area (Å²) in [5.41, 5.74) is 0. The minimum atomic E-state index is -1.56. The lowest BCUT2D eigenvalue weighted by atomic mass is 10.4. The average molecular weight is 237 g/mol. The number of rotatable bonds is 1. The van der Waals surface area contributed by atoms with Crippen molar-refractivity contribution in [3.63, 3.8) is 0 Å². The molecule has 0 spiro atoms. The van der Waals surface area contributed by atoms with Crippen LogP contribution in [0.2, 0.25) is 5.02 Å². The summed E-state index contributed by atoms with van der Waals surface area (Å²) in [6.07, 6.45) is 1.30. The summed E-state index contributed by atoms with van der Waals surface area (Å²) in [6.45, 7) is 0. The van der Waals surface area contributed by atoms with Gasteiger partial charge in [0.05, 0.1) is 5.02 Å². The van der Waals surface area contributed by atoms with Crippen LogP contribution >= 0.6 is 24.0 Å². The van der Waals surface area contributed by atoms with Crippen LogP contribution < -0.4 is 5.32 Å². The van der Waals surface area contributed by atoms with Crippen LogP contribution in [-0.4, -0.2) is 22.0 Å². The first-order chi connectivity index (χ1) is 6.09. The summed E-state index contributed by atoms with van der Waals surface area (Å²) in [5, 5.41) is 10.7. The summed E-state index contributed by atoms with van der Waals surface area (Å²) < 4.78 is 0. The molecule has 0 radical (unpaired) electrons. The summed E-state index contributed by atoms with van der Waals surface area (Å²) in [5.74, 6) is -2.54. The standard InChI is InChI=1S/C7H5ClN2O3.ClH/c8-4-1-2-5(9-3-4)10-6(11)7(12)13;/h1-3H,(H,12,13)(H,9,10,11);1H. The molecule has 0 aromatic carbocycles. The van der Waals surface area contributed by atoms with E-state index in [0.29, 0.717) is 5.02 Å². The zero-order chi connectivity index (χ0) is 9.84. The molecule has 0 aliphatic heterocycles. The smallest absolute Gasteiger partial charge is 0.394 e. The van der Waals surface area contributed by atoms with E-state index in [0.717, 1.165) is 0 Å². The number of hydrogen-bond donors (Lipinski definition) is 2. The van der Waals surface area contributed by atoms with Crippen molar-refractivity contribution in [2.24, 2.45) is 0 Å². The van der Waals surface area contributed by atoms with Crippen molar-refractivity contribution in [3.8, 4) is 0 Å². The predicted octanol–water partition coefficient (Wildman–Crippen LogP) is 1.18. The maximum atomic E-state index is 10.6. The highest BCUT2D eigenvalue weighted by Gasteiger charge is 2.10. The predicted molar refractivity (Wildman–Crippen MR) is 52.8 cm³/mol. The lowest BCUT2D eigenvalue weighted by molar-refractivity contribution is -0.147. The summed E-state index contributed by atoms with van der Waals surface area (Å²) in [6, 6.07) is 2.90. The maximum Gasteiger partial charge on any atom is 0.394 e.